The van der Waals surface area contributed by atoms with Gasteiger partial charge in [0.15, 0.2) is 0 Å². The molecule has 1 heterocycles. The van der Waals surface area contributed by atoms with Crippen molar-refractivity contribution in [1.82, 2.24) is 9.55 Å². The molecule has 0 saturated heterocycles. The van der Waals surface area contributed by atoms with Crippen molar-refractivity contribution < 1.29 is 14.3 Å². The van der Waals surface area contributed by atoms with Gasteiger partial charge in [0.05, 0.1) is 18.9 Å². The third kappa shape index (κ3) is 3.06. The number of carbonyl (C=O) groups is 1. The van der Waals surface area contributed by atoms with Crippen molar-refractivity contribution in [3.8, 4) is 5.75 Å². The van der Waals surface area contributed by atoms with Gasteiger partial charge < -0.3 is 14.0 Å². The van der Waals surface area contributed by atoms with Gasteiger partial charge in [-0.1, -0.05) is 11.6 Å². The van der Waals surface area contributed by atoms with Gasteiger partial charge in [-0.2, -0.15) is 0 Å². The summed E-state index contributed by atoms with van der Waals surface area (Å²) in [6.45, 7) is 0.0775. The van der Waals surface area contributed by atoms with Gasteiger partial charge in [-0.05, 0) is 24.3 Å². The van der Waals surface area contributed by atoms with Crippen LogP contribution in [0.1, 0.15) is 16.2 Å². The lowest BCUT2D eigenvalue weighted by Crippen LogP contribution is -2.08. The van der Waals surface area contributed by atoms with Crippen LogP contribution in [0.3, 0.4) is 0 Å². The van der Waals surface area contributed by atoms with Crippen LogP contribution in [-0.4, -0.2) is 22.6 Å². The minimum absolute atomic E-state index is 0.0775. The molecule has 0 unspecified atom stereocenters. The third-order valence-corrected chi connectivity index (χ3v) is 3.04. The van der Waals surface area contributed by atoms with E-state index in [0.29, 0.717) is 22.3 Å². The topological polar surface area (TPSA) is 53.4 Å². The van der Waals surface area contributed by atoms with E-state index in [1.807, 2.05) is 0 Å². The minimum atomic E-state index is -0.415. The fourth-order valence-electron chi connectivity index (χ4n) is 1.50. The third-order valence-electron chi connectivity index (χ3n) is 2.69. The Morgan fingerprint density at radius 3 is 2.58 bits per heavy atom. The largest absolute Gasteiger partial charge is 0.497 e. The molecular formula is C13H13ClN2O3. The predicted octanol–water partition coefficient (Wildman–Crippen LogP) is 2.44. The van der Waals surface area contributed by atoms with Crippen molar-refractivity contribution in [2.45, 2.75) is 6.61 Å². The van der Waals surface area contributed by atoms with E-state index in [-0.39, 0.29) is 6.61 Å². The number of carbonyl (C=O) groups excluding carboxylic acids is 1. The molecule has 0 amide bonds. The summed E-state index contributed by atoms with van der Waals surface area (Å²) in [5.41, 5.74) is 0.459. The van der Waals surface area contributed by atoms with Gasteiger partial charge in [0, 0.05) is 7.05 Å². The van der Waals surface area contributed by atoms with Crippen molar-refractivity contribution in [2.24, 2.45) is 7.05 Å². The van der Waals surface area contributed by atoms with Crippen molar-refractivity contribution in [3.05, 3.63) is 47.0 Å². The zero-order chi connectivity index (χ0) is 13.8. The Morgan fingerprint density at radius 1 is 1.37 bits per heavy atom. The normalized spacial score (nSPS) is 10.3. The first-order valence-corrected chi connectivity index (χ1v) is 5.97. The lowest BCUT2D eigenvalue weighted by atomic mass is 10.2. The van der Waals surface area contributed by atoms with Crippen molar-refractivity contribution >= 4 is 17.6 Å². The Balaban J connectivity index is 1.99. The number of rotatable bonds is 4. The number of ether oxygens (including phenoxy) is 2. The highest BCUT2D eigenvalue weighted by molar-refractivity contribution is 6.29. The van der Waals surface area contributed by atoms with Gasteiger partial charge in [-0.15, -0.1) is 0 Å². The Hall–Kier alpha value is -2.01. The van der Waals surface area contributed by atoms with Gasteiger partial charge in [-0.25, -0.2) is 9.78 Å². The van der Waals surface area contributed by atoms with E-state index in [2.05, 4.69) is 4.98 Å². The van der Waals surface area contributed by atoms with Crippen molar-refractivity contribution in [2.75, 3.05) is 7.11 Å². The first-order chi connectivity index (χ1) is 9.11. The van der Waals surface area contributed by atoms with E-state index in [4.69, 9.17) is 21.1 Å². The van der Waals surface area contributed by atoms with Crippen molar-refractivity contribution in [3.63, 3.8) is 0 Å². The maximum atomic E-state index is 11.8. The van der Waals surface area contributed by atoms with E-state index in [0.717, 1.165) is 0 Å². The number of methoxy groups -OCH3 is 1. The fraction of sp³-hybridized carbons (Fsp3) is 0.231. The van der Waals surface area contributed by atoms with E-state index in [1.54, 1.807) is 43.0 Å². The molecule has 0 bridgehead atoms. The van der Waals surface area contributed by atoms with Crippen LogP contribution in [0.5, 0.6) is 5.75 Å². The molecular weight excluding hydrogens is 268 g/mol. The molecule has 2 rings (SSSR count). The van der Waals surface area contributed by atoms with Crippen LogP contribution in [0.25, 0.3) is 0 Å². The Labute approximate surface area is 115 Å². The average molecular weight is 281 g/mol. The molecule has 0 atom stereocenters. The maximum absolute atomic E-state index is 11.8. The molecule has 19 heavy (non-hydrogen) atoms. The van der Waals surface area contributed by atoms with E-state index in [9.17, 15) is 4.79 Å². The maximum Gasteiger partial charge on any atom is 0.338 e. The van der Waals surface area contributed by atoms with Gasteiger partial charge >= 0.3 is 5.97 Å². The van der Waals surface area contributed by atoms with Crippen LogP contribution < -0.4 is 4.74 Å². The SMILES string of the molecule is COc1ccc(C(=O)OCc2ncc(Cl)n2C)cc1. The zero-order valence-electron chi connectivity index (χ0n) is 10.6. The first kappa shape index (κ1) is 13.4. The zero-order valence-corrected chi connectivity index (χ0v) is 11.3. The molecule has 0 N–H and O–H groups in total. The average Bonchev–Trinajstić information content (AvgIpc) is 2.76. The van der Waals surface area contributed by atoms with Crippen LogP contribution in [-0.2, 0) is 18.4 Å². The van der Waals surface area contributed by atoms with E-state index < -0.39 is 5.97 Å². The standard InChI is InChI=1S/C13H13ClN2O3/c1-16-11(14)7-15-12(16)8-19-13(17)9-3-5-10(18-2)6-4-9/h3-7H,8H2,1-2H3. The summed E-state index contributed by atoms with van der Waals surface area (Å²) < 4.78 is 11.8. The second kappa shape index (κ2) is 5.75. The molecule has 0 fully saturated rings. The number of imidazole rings is 1. The Kier molecular flexibility index (Phi) is 4.06. The minimum Gasteiger partial charge on any atom is -0.497 e. The second-order valence-electron chi connectivity index (χ2n) is 3.86. The number of aromatic nitrogens is 2. The Morgan fingerprint density at radius 2 is 2.05 bits per heavy atom. The van der Waals surface area contributed by atoms with Gasteiger partial charge in [0.25, 0.3) is 0 Å². The predicted molar refractivity (Wildman–Crippen MR) is 70.3 cm³/mol. The summed E-state index contributed by atoms with van der Waals surface area (Å²) in [5, 5.41) is 0.496. The van der Waals surface area contributed by atoms with Gasteiger partial charge in [0.1, 0.15) is 23.3 Å². The molecule has 5 nitrogen and oxygen atoms in total. The quantitative estimate of drug-likeness (QED) is 0.807. The van der Waals surface area contributed by atoms with Gasteiger partial charge in [0.2, 0.25) is 0 Å². The van der Waals surface area contributed by atoms with Crippen molar-refractivity contribution in [1.29, 1.82) is 0 Å². The lowest BCUT2D eigenvalue weighted by molar-refractivity contribution is 0.0459. The molecule has 0 spiro atoms. The molecule has 100 valence electrons. The van der Waals surface area contributed by atoms with Crippen LogP contribution in [0.15, 0.2) is 30.5 Å². The van der Waals surface area contributed by atoms with E-state index >= 15 is 0 Å². The van der Waals surface area contributed by atoms with Crippen LogP contribution in [0, 0.1) is 0 Å². The molecule has 0 aliphatic rings. The number of hydrogen-bond donors (Lipinski definition) is 0. The molecule has 1 aromatic carbocycles. The summed E-state index contributed by atoms with van der Waals surface area (Å²) in [5.74, 6) is 0.862. The number of hydrogen-bond acceptors (Lipinski definition) is 4. The molecule has 1 aromatic heterocycles. The van der Waals surface area contributed by atoms with Crippen LogP contribution in [0.2, 0.25) is 5.15 Å². The highest BCUT2D eigenvalue weighted by Crippen LogP contribution is 2.14. The molecule has 0 saturated carbocycles. The van der Waals surface area contributed by atoms with Crippen LogP contribution >= 0.6 is 11.6 Å². The number of benzene rings is 1. The fourth-order valence-corrected chi connectivity index (χ4v) is 1.65. The monoisotopic (exact) mass is 280 g/mol. The van der Waals surface area contributed by atoms with Gasteiger partial charge in [-0.3, -0.25) is 0 Å². The summed E-state index contributed by atoms with van der Waals surface area (Å²) in [6, 6.07) is 6.70. The molecule has 0 aliphatic carbocycles. The van der Waals surface area contributed by atoms with E-state index in [1.165, 1.54) is 6.20 Å². The summed E-state index contributed by atoms with van der Waals surface area (Å²) >= 11 is 5.84. The van der Waals surface area contributed by atoms with Crippen LogP contribution in [0.4, 0.5) is 0 Å². The molecule has 6 heteroatoms. The first-order valence-electron chi connectivity index (χ1n) is 5.59. The highest BCUT2D eigenvalue weighted by atomic mass is 35.5. The number of halogens is 1. The lowest BCUT2D eigenvalue weighted by Gasteiger charge is -2.06. The smallest absolute Gasteiger partial charge is 0.338 e. The molecule has 2 aromatic rings. The summed E-state index contributed by atoms with van der Waals surface area (Å²) in [7, 11) is 3.32. The highest BCUT2D eigenvalue weighted by Gasteiger charge is 2.10. The second-order valence-corrected chi connectivity index (χ2v) is 4.25. The number of nitrogens with zero attached hydrogens (tertiary/aromatic N) is 2. The summed E-state index contributed by atoms with van der Waals surface area (Å²) in [6.07, 6.45) is 1.51. The molecule has 0 radical (unpaired) electrons. The summed E-state index contributed by atoms with van der Waals surface area (Å²) in [4.78, 5) is 15.8. The molecule has 0 aliphatic heterocycles. The Bertz CT molecular complexity index is 578. The number of esters is 1.